The number of carbonyl (C=O) groups is 1. The van der Waals surface area contributed by atoms with Crippen LogP contribution in [0.5, 0.6) is 0 Å². The van der Waals surface area contributed by atoms with E-state index in [1.807, 2.05) is 18.4 Å². The van der Waals surface area contributed by atoms with Gasteiger partial charge in [0.05, 0.1) is 15.1 Å². The summed E-state index contributed by atoms with van der Waals surface area (Å²) in [6.07, 6.45) is 4.74. The summed E-state index contributed by atoms with van der Waals surface area (Å²) < 4.78 is 3.06. The maximum Gasteiger partial charge on any atom is 0.272 e. The van der Waals surface area contributed by atoms with Gasteiger partial charge in [-0.2, -0.15) is 4.99 Å². The average Bonchev–Trinajstić information content (AvgIpc) is 2.97. The van der Waals surface area contributed by atoms with Crippen molar-refractivity contribution < 1.29 is 9.72 Å². The Morgan fingerprint density at radius 3 is 2.64 bits per heavy atom. The summed E-state index contributed by atoms with van der Waals surface area (Å²) in [5.41, 5.74) is 4.04. The lowest BCUT2D eigenvalue weighted by Crippen LogP contribution is -2.16. The van der Waals surface area contributed by atoms with Gasteiger partial charge in [0.1, 0.15) is 0 Å². The molecule has 28 heavy (non-hydrogen) atoms. The van der Waals surface area contributed by atoms with Crippen LogP contribution in [-0.2, 0) is 11.3 Å². The lowest BCUT2D eigenvalue weighted by Gasteiger charge is -2.04. The Morgan fingerprint density at radius 2 is 2.00 bits per heavy atom. The quantitative estimate of drug-likeness (QED) is 0.276. The number of rotatable bonds is 5. The smallest absolute Gasteiger partial charge is 0.272 e. The van der Waals surface area contributed by atoms with E-state index in [1.165, 1.54) is 29.5 Å². The number of thiazole rings is 1. The first kappa shape index (κ1) is 19.4. The highest BCUT2D eigenvalue weighted by molar-refractivity contribution is 7.16. The molecular weight excluding hydrogens is 374 g/mol. The topological polar surface area (TPSA) is 77.5 Å². The van der Waals surface area contributed by atoms with E-state index in [0.717, 1.165) is 21.3 Å². The van der Waals surface area contributed by atoms with Crippen molar-refractivity contribution >= 4 is 39.2 Å². The summed E-state index contributed by atoms with van der Waals surface area (Å²) >= 11 is 1.47. The van der Waals surface area contributed by atoms with Crippen LogP contribution in [-0.4, -0.2) is 15.4 Å². The van der Waals surface area contributed by atoms with Gasteiger partial charge in [0.15, 0.2) is 4.80 Å². The van der Waals surface area contributed by atoms with Crippen LogP contribution in [0.4, 0.5) is 5.69 Å². The highest BCUT2D eigenvalue weighted by Crippen LogP contribution is 2.23. The van der Waals surface area contributed by atoms with E-state index in [-0.39, 0.29) is 5.69 Å². The van der Waals surface area contributed by atoms with Gasteiger partial charge in [-0.3, -0.25) is 14.9 Å². The van der Waals surface area contributed by atoms with Crippen molar-refractivity contribution in [2.75, 3.05) is 0 Å². The second kappa shape index (κ2) is 8.14. The number of nitro groups is 1. The van der Waals surface area contributed by atoms with Crippen LogP contribution in [0.25, 0.3) is 16.3 Å². The summed E-state index contributed by atoms with van der Waals surface area (Å²) in [4.78, 5) is 27.4. The van der Waals surface area contributed by atoms with Gasteiger partial charge in [-0.05, 0) is 54.8 Å². The third-order valence-corrected chi connectivity index (χ3v) is 5.18. The standard InChI is InChI=1S/C21H19N3O3S/c1-4-11-23-20-15(3)12-14(2)13-18(20)28-21(23)22-19(25)10-7-16-5-8-17(9-6-16)24(26)27/h4-10,12-13H,1,11H2,2-3H3/b10-7-,22-21?. The van der Waals surface area contributed by atoms with Gasteiger partial charge < -0.3 is 4.57 Å². The third kappa shape index (κ3) is 4.15. The van der Waals surface area contributed by atoms with Gasteiger partial charge in [-0.25, -0.2) is 0 Å². The zero-order valence-corrected chi connectivity index (χ0v) is 16.4. The normalized spacial score (nSPS) is 12.0. The molecule has 0 unspecified atom stereocenters. The van der Waals surface area contributed by atoms with Crippen molar-refractivity contribution in [2.24, 2.45) is 4.99 Å². The zero-order valence-electron chi connectivity index (χ0n) is 15.6. The van der Waals surface area contributed by atoms with E-state index in [1.54, 1.807) is 24.3 Å². The van der Waals surface area contributed by atoms with Crippen molar-refractivity contribution in [3.05, 3.63) is 86.7 Å². The predicted molar refractivity (Wildman–Crippen MR) is 112 cm³/mol. The fourth-order valence-corrected chi connectivity index (χ4v) is 4.20. The van der Waals surface area contributed by atoms with E-state index in [9.17, 15) is 14.9 Å². The van der Waals surface area contributed by atoms with Crippen LogP contribution in [0.1, 0.15) is 16.7 Å². The summed E-state index contributed by atoms with van der Waals surface area (Å²) in [5, 5.41) is 10.7. The van der Waals surface area contributed by atoms with E-state index in [4.69, 9.17) is 0 Å². The molecule has 0 saturated heterocycles. The number of carbonyl (C=O) groups excluding carboxylic acids is 1. The van der Waals surface area contributed by atoms with E-state index < -0.39 is 10.8 Å². The first-order valence-corrected chi connectivity index (χ1v) is 9.43. The molecule has 3 rings (SSSR count). The number of aryl methyl sites for hydroxylation is 2. The first-order valence-electron chi connectivity index (χ1n) is 8.62. The molecule has 0 N–H and O–H groups in total. The minimum absolute atomic E-state index is 0.00886. The Morgan fingerprint density at radius 1 is 1.29 bits per heavy atom. The highest BCUT2D eigenvalue weighted by Gasteiger charge is 2.09. The molecular formula is C21H19N3O3S. The number of benzene rings is 2. The number of hydrogen-bond acceptors (Lipinski definition) is 4. The second-order valence-corrected chi connectivity index (χ2v) is 7.35. The van der Waals surface area contributed by atoms with Crippen LogP contribution in [0.3, 0.4) is 0 Å². The molecule has 1 amide bonds. The van der Waals surface area contributed by atoms with Crippen LogP contribution < -0.4 is 4.80 Å². The Balaban J connectivity index is 1.95. The SMILES string of the molecule is C=CCn1c(=NC(=O)/C=C\c2ccc([N+](=O)[O-])cc2)sc2cc(C)cc(C)c21. The van der Waals surface area contributed by atoms with Crippen LogP contribution in [0.15, 0.2) is 60.1 Å². The van der Waals surface area contributed by atoms with E-state index in [0.29, 0.717) is 16.9 Å². The largest absolute Gasteiger partial charge is 0.312 e. The fraction of sp³-hybridized carbons (Fsp3) is 0.143. The van der Waals surface area contributed by atoms with Crippen LogP contribution in [0, 0.1) is 24.0 Å². The highest BCUT2D eigenvalue weighted by atomic mass is 32.1. The molecule has 0 spiro atoms. The van der Waals surface area contributed by atoms with Gasteiger partial charge in [-0.15, -0.1) is 6.58 Å². The number of non-ortho nitro benzene ring substituents is 1. The molecule has 6 nitrogen and oxygen atoms in total. The first-order chi connectivity index (χ1) is 13.4. The maximum atomic E-state index is 12.4. The number of nitro benzene ring substituents is 1. The number of nitrogens with zero attached hydrogens (tertiary/aromatic N) is 3. The molecule has 0 bridgehead atoms. The van der Waals surface area contributed by atoms with Gasteiger partial charge in [0.2, 0.25) is 0 Å². The number of aromatic nitrogens is 1. The average molecular weight is 393 g/mol. The molecule has 3 aromatic rings. The molecule has 0 aliphatic heterocycles. The van der Waals surface area contributed by atoms with E-state index >= 15 is 0 Å². The molecule has 7 heteroatoms. The monoisotopic (exact) mass is 393 g/mol. The van der Waals surface area contributed by atoms with E-state index in [2.05, 4.69) is 23.7 Å². The number of fused-ring (bicyclic) bond motifs is 1. The van der Waals surface area contributed by atoms with Crippen molar-refractivity contribution in [2.45, 2.75) is 20.4 Å². The molecule has 2 aromatic carbocycles. The minimum atomic E-state index is -0.461. The molecule has 1 aromatic heterocycles. The maximum absolute atomic E-state index is 12.4. The Kier molecular flexibility index (Phi) is 5.65. The summed E-state index contributed by atoms with van der Waals surface area (Å²) in [7, 11) is 0. The van der Waals surface area contributed by atoms with Crippen molar-refractivity contribution in [1.82, 2.24) is 4.57 Å². The number of hydrogen-bond donors (Lipinski definition) is 0. The number of allylic oxidation sites excluding steroid dienone is 1. The van der Waals surface area contributed by atoms with Crippen LogP contribution >= 0.6 is 11.3 Å². The summed E-state index contributed by atoms with van der Waals surface area (Å²) in [6.45, 7) is 8.44. The van der Waals surface area contributed by atoms with Gasteiger partial charge >= 0.3 is 0 Å². The second-order valence-electron chi connectivity index (χ2n) is 6.34. The van der Waals surface area contributed by atoms with Gasteiger partial charge in [-0.1, -0.05) is 23.5 Å². The summed E-state index contributed by atoms with van der Waals surface area (Å²) in [6, 6.07) is 10.2. The molecule has 0 atom stereocenters. The minimum Gasteiger partial charge on any atom is -0.312 e. The molecule has 0 aliphatic rings. The molecule has 0 saturated carbocycles. The molecule has 1 heterocycles. The number of amides is 1. The van der Waals surface area contributed by atoms with Crippen molar-refractivity contribution in [1.29, 1.82) is 0 Å². The Labute approximate surface area is 165 Å². The Hall–Kier alpha value is -3.32. The zero-order chi connectivity index (χ0) is 20.3. The summed E-state index contributed by atoms with van der Waals surface area (Å²) in [5.74, 6) is -0.392. The van der Waals surface area contributed by atoms with Crippen molar-refractivity contribution in [3.63, 3.8) is 0 Å². The Bertz CT molecular complexity index is 1170. The molecule has 0 radical (unpaired) electrons. The predicted octanol–water partition coefficient (Wildman–Crippen LogP) is 4.55. The van der Waals surface area contributed by atoms with Gasteiger partial charge in [0, 0.05) is 24.8 Å². The molecule has 0 fully saturated rings. The molecule has 0 aliphatic carbocycles. The third-order valence-electron chi connectivity index (χ3n) is 4.15. The van der Waals surface area contributed by atoms with Crippen LogP contribution in [0.2, 0.25) is 0 Å². The lowest BCUT2D eigenvalue weighted by atomic mass is 10.1. The fourth-order valence-electron chi connectivity index (χ4n) is 2.98. The van der Waals surface area contributed by atoms with Crippen molar-refractivity contribution in [3.8, 4) is 0 Å². The van der Waals surface area contributed by atoms with Gasteiger partial charge in [0.25, 0.3) is 11.6 Å². The lowest BCUT2D eigenvalue weighted by molar-refractivity contribution is -0.384. The molecule has 142 valence electrons.